The van der Waals surface area contributed by atoms with Gasteiger partial charge in [0.1, 0.15) is 0 Å². The van der Waals surface area contributed by atoms with Gasteiger partial charge in [0.05, 0.1) is 6.10 Å². The van der Waals surface area contributed by atoms with Gasteiger partial charge in [-0.2, -0.15) is 0 Å². The fraction of sp³-hybridized carbons (Fsp3) is 0.632. The van der Waals surface area contributed by atoms with Crippen LogP contribution < -0.4 is 10.6 Å². The number of hydrogen-bond acceptors (Lipinski definition) is 3. The van der Waals surface area contributed by atoms with E-state index in [0.717, 1.165) is 42.5 Å². The molecule has 1 aliphatic rings. The quantitative estimate of drug-likeness (QED) is 0.575. The number of guanidine groups is 1. The first-order valence-corrected chi connectivity index (χ1v) is 9.51. The molecule has 0 amide bonds. The highest BCUT2D eigenvalue weighted by atomic mass is 35.5. The Morgan fingerprint density at radius 3 is 2.76 bits per heavy atom. The molecule has 1 heterocycles. The third-order valence-electron chi connectivity index (χ3n) is 4.65. The molecular formula is C19H31ClN4O. The summed E-state index contributed by atoms with van der Waals surface area (Å²) in [5.41, 5.74) is 1.06. The number of aliphatic imine (C=N–C) groups is 1. The van der Waals surface area contributed by atoms with E-state index in [-0.39, 0.29) is 6.10 Å². The highest BCUT2D eigenvalue weighted by molar-refractivity contribution is 6.30. The Bertz CT molecular complexity index is 544. The van der Waals surface area contributed by atoms with Crippen LogP contribution in [-0.2, 0) is 4.74 Å². The molecule has 25 heavy (non-hydrogen) atoms. The number of benzene rings is 1. The van der Waals surface area contributed by atoms with Gasteiger partial charge in [-0.1, -0.05) is 30.7 Å². The molecule has 1 aromatic carbocycles. The highest BCUT2D eigenvalue weighted by Crippen LogP contribution is 2.19. The van der Waals surface area contributed by atoms with Gasteiger partial charge < -0.3 is 20.3 Å². The van der Waals surface area contributed by atoms with E-state index in [4.69, 9.17) is 16.3 Å². The summed E-state index contributed by atoms with van der Waals surface area (Å²) < 4.78 is 5.61. The molecule has 0 saturated carbocycles. The van der Waals surface area contributed by atoms with Crippen molar-refractivity contribution in [3.63, 3.8) is 0 Å². The van der Waals surface area contributed by atoms with Crippen molar-refractivity contribution < 1.29 is 4.74 Å². The third kappa shape index (κ3) is 6.49. The monoisotopic (exact) mass is 366 g/mol. The minimum Gasteiger partial charge on any atom is -0.375 e. The van der Waals surface area contributed by atoms with Crippen molar-refractivity contribution in [2.45, 2.75) is 38.3 Å². The van der Waals surface area contributed by atoms with Gasteiger partial charge in [-0.05, 0) is 43.5 Å². The molecule has 6 heteroatoms. The average Bonchev–Trinajstić information content (AvgIpc) is 2.63. The average molecular weight is 367 g/mol. The number of rotatable bonds is 7. The number of hydrogen-bond donors (Lipinski definition) is 2. The minimum atomic E-state index is -0.0661. The maximum atomic E-state index is 6.08. The lowest BCUT2D eigenvalue weighted by Gasteiger charge is -2.33. The first kappa shape index (κ1) is 20.0. The summed E-state index contributed by atoms with van der Waals surface area (Å²) in [6.07, 6.45) is 3.47. The van der Waals surface area contributed by atoms with Crippen LogP contribution in [0.15, 0.2) is 29.3 Å². The summed E-state index contributed by atoms with van der Waals surface area (Å²) >= 11 is 6.08. The number of halogens is 1. The van der Waals surface area contributed by atoms with Gasteiger partial charge in [0, 0.05) is 44.9 Å². The van der Waals surface area contributed by atoms with E-state index in [9.17, 15) is 0 Å². The van der Waals surface area contributed by atoms with Crippen molar-refractivity contribution >= 4 is 17.6 Å². The second kappa shape index (κ2) is 10.6. The Balaban J connectivity index is 1.81. The lowest BCUT2D eigenvalue weighted by Crippen LogP contribution is -2.49. The van der Waals surface area contributed by atoms with Gasteiger partial charge in [0.2, 0.25) is 0 Å². The van der Waals surface area contributed by atoms with Crippen molar-refractivity contribution in [1.29, 1.82) is 0 Å². The van der Waals surface area contributed by atoms with Crippen molar-refractivity contribution in [2.24, 2.45) is 4.99 Å². The van der Waals surface area contributed by atoms with Crippen LogP contribution in [0.25, 0.3) is 0 Å². The van der Waals surface area contributed by atoms with Crippen LogP contribution in [0.4, 0.5) is 0 Å². The van der Waals surface area contributed by atoms with Gasteiger partial charge >= 0.3 is 0 Å². The van der Waals surface area contributed by atoms with Crippen molar-refractivity contribution in [3.05, 3.63) is 34.9 Å². The number of methoxy groups -OCH3 is 1. The van der Waals surface area contributed by atoms with Gasteiger partial charge in [-0.3, -0.25) is 4.99 Å². The summed E-state index contributed by atoms with van der Waals surface area (Å²) in [7, 11) is 3.52. The molecule has 2 N–H and O–H groups in total. The third-order valence-corrected chi connectivity index (χ3v) is 4.89. The van der Waals surface area contributed by atoms with Gasteiger partial charge in [-0.25, -0.2) is 0 Å². The number of nitrogens with zero attached hydrogens (tertiary/aromatic N) is 2. The van der Waals surface area contributed by atoms with E-state index in [1.807, 2.05) is 31.3 Å². The summed E-state index contributed by atoms with van der Waals surface area (Å²) in [4.78, 5) is 6.89. The molecule has 1 fully saturated rings. The fourth-order valence-corrected chi connectivity index (χ4v) is 3.44. The molecule has 1 atom stereocenters. The standard InChI is InChI=1S/C19H31ClN4O/c1-4-10-24-11-8-17(9-12-24)23-19(21-2)22-14-18(25-3)15-6-5-7-16(20)13-15/h5-7,13,17-18H,4,8-12,14H2,1-3H3,(H2,21,22,23). The van der Waals surface area contributed by atoms with Crippen LogP contribution >= 0.6 is 11.6 Å². The van der Waals surface area contributed by atoms with Crippen molar-refractivity contribution in [2.75, 3.05) is 40.3 Å². The van der Waals surface area contributed by atoms with Gasteiger partial charge in [-0.15, -0.1) is 0 Å². The number of likely N-dealkylation sites (tertiary alicyclic amines) is 1. The predicted octanol–water partition coefficient (Wildman–Crippen LogP) is 3.07. The molecule has 140 valence electrons. The lowest BCUT2D eigenvalue weighted by molar-refractivity contribution is 0.106. The van der Waals surface area contributed by atoms with Crippen LogP contribution in [0.1, 0.15) is 37.9 Å². The van der Waals surface area contributed by atoms with E-state index in [1.54, 1.807) is 7.11 Å². The Morgan fingerprint density at radius 1 is 1.40 bits per heavy atom. The van der Waals surface area contributed by atoms with Gasteiger partial charge in [0.25, 0.3) is 0 Å². The first-order chi connectivity index (χ1) is 12.2. The molecule has 1 unspecified atom stereocenters. The summed E-state index contributed by atoms with van der Waals surface area (Å²) in [6.45, 7) is 6.40. The molecule has 1 aliphatic heterocycles. The second-order valence-corrected chi connectivity index (χ2v) is 6.93. The Kier molecular flexibility index (Phi) is 8.52. The molecule has 0 spiro atoms. The highest BCUT2D eigenvalue weighted by Gasteiger charge is 2.20. The molecule has 2 rings (SSSR count). The largest absolute Gasteiger partial charge is 0.375 e. The maximum absolute atomic E-state index is 6.08. The maximum Gasteiger partial charge on any atom is 0.191 e. The lowest BCUT2D eigenvalue weighted by atomic mass is 10.1. The predicted molar refractivity (Wildman–Crippen MR) is 105 cm³/mol. The normalized spacial score (nSPS) is 18.2. The molecule has 0 aromatic heterocycles. The van der Waals surface area contributed by atoms with Gasteiger partial charge in [0.15, 0.2) is 5.96 Å². The van der Waals surface area contributed by atoms with E-state index < -0.39 is 0 Å². The molecule has 1 aromatic rings. The SMILES string of the molecule is CCCN1CCC(NC(=NC)NCC(OC)c2cccc(Cl)c2)CC1. The van der Waals surface area contributed by atoms with Crippen molar-refractivity contribution in [3.8, 4) is 0 Å². The van der Waals surface area contributed by atoms with Crippen molar-refractivity contribution in [1.82, 2.24) is 15.5 Å². The zero-order valence-corrected chi connectivity index (χ0v) is 16.4. The molecule has 1 saturated heterocycles. The fourth-order valence-electron chi connectivity index (χ4n) is 3.24. The smallest absolute Gasteiger partial charge is 0.191 e. The van der Waals surface area contributed by atoms with Crippen LogP contribution in [0.2, 0.25) is 5.02 Å². The molecular weight excluding hydrogens is 336 g/mol. The molecule has 0 aliphatic carbocycles. The molecule has 5 nitrogen and oxygen atoms in total. The van der Waals surface area contributed by atoms with Crippen LogP contribution in [0.3, 0.4) is 0 Å². The Hall–Kier alpha value is -1.30. The topological polar surface area (TPSA) is 48.9 Å². The second-order valence-electron chi connectivity index (χ2n) is 6.49. The van der Waals surface area contributed by atoms with E-state index in [1.165, 1.54) is 13.0 Å². The minimum absolute atomic E-state index is 0.0661. The zero-order chi connectivity index (χ0) is 18.1. The van der Waals surface area contributed by atoms with E-state index in [0.29, 0.717) is 12.6 Å². The summed E-state index contributed by atoms with van der Waals surface area (Å²) in [5, 5.41) is 7.64. The Labute approximate surface area is 156 Å². The van der Waals surface area contributed by atoms with Crippen LogP contribution in [0, 0.1) is 0 Å². The number of ether oxygens (including phenoxy) is 1. The van der Waals surface area contributed by atoms with Crippen LogP contribution in [-0.4, -0.2) is 57.2 Å². The number of piperidine rings is 1. The summed E-state index contributed by atoms with van der Waals surface area (Å²) in [5.74, 6) is 0.831. The molecule has 0 radical (unpaired) electrons. The Morgan fingerprint density at radius 2 is 2.16 bits per heavy atom. The number of nitrogens with one attached hydrogen (secondary N) is 2. The summed E-state index contributed by atoms with van der Waals surface area (Å²) in [6, 6.07) is 8.27. The van der Waals surface area contributed by atoms with E-state index >= 15 is 0 Å². The zero-order valence-electron chi connectivity index (χ0n) is 15.6. The van der Waals surface area contributed by atoms with Crippen LogP contribution in [0.5, 0.6) is 0 Å². The molecule has 0 bridgehead atoms. The first-order valence-electron chi connectivity index (χ1n) is 9.14. The van der Waals surface area contributed by atoms with E-state index in [2.05, 4.69) is 27.4 Å².